The third kappa shape index (κ3) is 4.56. The van der Waals surface area contributed by atoms with Gasteiger partial charge in [-0.15, -0.1) is 12.4 Å². The van der Waals surface area contributed by atoms with Gasteiger partial charge in [-0.25, -0.2) is 13.1 Å². The Labute approximate surface area is 135 Å². The first-order valence-electron chi connectivity index (χ1n) is 6.40. The van der Waals surface area contributed by atoms with Crippen molar-refractivity contribution in [3.63, 3.8) is 0 Å². The quantitative estimate of drug-likeness (QED) is 0.873. The Bertz CT molecular complexity index is 635. The van der Waals surface area contributed by atoms with Gasteiger partial charge < -0.3 is 5.73 Å². The molecule has 0 aromatic heterocycles. The number of hydrogen-bond donors (Lipinski definition) is 2. The Morgan fingerprint density at radius 3 is 2.43 bits per heavy atom. The smallest absolute Gasteiger partial charge is 0.242 e. The second kappa shape index (κ2) is 7.43. The first-order chi connectivity index (χ1) is 9.42. The van der Waals surface area contributed by atoms with Crippen molar-refractivity contribution in [2.75, 3.05) is 0 Å². The second-order valence-electron chi connectivity index (χ2n) is 4.99. The Morgan fingerprint density at radius 1 is 1.29 bits per heavy atom. The maximum atomic E-state index is 12.3. The van der Waals surface area contributed by atoms with Crippen LogP contribution in [-0.2, 0) is 10.0 Å². The fourth-order valence-corrected chi connectivity index (χ4v) is 4.16. The summed E-state index contributed by atoms with van der Waals surface area (Å²) in [6.45, 7) is 0. The number of rotatable bonds is 3. The third-order valence-electron chi connectivity index (χ3n) is 3.44. The molecule has 1 fully saturated rings. The predicted molar refractivity (Wildman–Crippen MR) is 84.0 cm³/mol. The molecule has 0 unspecified atom stereocenters. The molecular weight excluding hydrogens is 333 g/mol. The van der Waals surface area contributed by atoms with Gasteiger partial charge in [-0.2, -0.15) is 5.26 Å². The summed E-state index contributed by atoms with van der Waals surface area (Å²) in [5.41, 5.74) is 6.13. The van der Waals surface area contributed by atoms with Gasteiger partial charge in [0.25, 0.3) is 0 Å². The molecule has 1 saturated carbocycles. The van der Waals surface area contributed by atoms with Gasteiger partial charge >= 0.3 is 0 Å². The van der Waals surface area contributed by atoms with Crippen LogP contribution in [0.1, 0.15) is 31.2 Å². The van der Waals surface area contributed by atoms with Gasteiger partial charge in [-0.3, -0.25) is 0 Å². The van der Waals surface area contributed by atoms with Gasteiger partial charge in [-0.05, 0) is 43.9 Å². The largest absolute Gasteiger partial charge is 0.328 e. The molecule has 8 heteroatoms. The zero-order valence-electron chi connectivity index (χ0n) is 11.3. The molecule has 0 spiro atoms. The average Bonchev–Trinajstić information content (AvgIpc) is 2.40. The van der Waals surface area contributed by atoms with E-state index in [9.17, 15) is 8.42 Å². The highest BCUT2D eigenvalue weighted by Gasteiger charge is 2.25. The van der Waals surface area contributed by atoms with E-state index in [1.54, 1.807) is 0 Å². The molecule has 3 N–H and O–H groups in total. The molecule has 0 bridgehead atoms. The Kier molecular flexibility index (Phi) is 6.44. The normalized spacial score (nSPS) is 22.1. The fourth-order valence-electron chi connectivity index (χ4n) is 2.31. The molecule has 21 heavy (non-hydrogen) atoms. The minimum Gasteiger partial charge on any atom is -0.328 e. The summed E-state index contributed by atoms with van der Waals surface area (Å²) in [5.74, 6) is 0. The van der Waals surface area contributed by atoms with Crippen LogP contribution in [0, 0.1) is 11.3 Å². The van der Waals surface area contributed by atoms with E-state index in [4.69, 9.17) is 22.6 Å². The van der Waals surface area contributed by atoms with Crippen LogP contribution < -0.4 is 10.5 Å². The number of nitrogens with zero attached hydrogens (tertiary/aromatic N) is 1. The van der Waals surface area contributed by atoms with E-state index in [2.05, 4.69) is 4.72 Å². The minimum absolute atomic E-state index is 0. The molecule has 1 aliphatic carbocycles. The molecule has 5 nitrogen and oxygen atoms in total. The summed E-state index contributed by atoms with van der Waals surface area (Å²) in [6.07, 6.45) is 3.09. The molecule has 0 heterocycles. The van der Waals surface area contributed by atoms with Gasteiger partial charge in [0, 0.05) is 12.1 Å². The molecule has 0 radical (unpaired) electrons. The minimum atomic E-state index is -3.67. The van der Waals surface area contributed by atoms with Crippen molar-refractivity contribution in [1.82, 2.24) is 4.72 Å². The summed E-state index contributed by atoms with van der Waals surface area (Å²) < 4.78 is 27.2. The van der Waals surface area contributed by atoms with Crippen LogP contribution in [0.25, 0.3) is 0 Å². The Morgan fingerprint density at radius 2 is 1.90 bits per heavy atom. The summed E-state index contributed by atoms with van der Waals surface area (Å²) >= 11 is 5.94. The number of hydrogen-bond acceptors (Lipinski definition) is 4. The van der Waals surface area contributed by atoms with Crippen molar-refractivity contribution in [3.05, 3.63) is 28.8 Å². The van der Waals surface area contributed by atoms with E-state index in [-0.39, 0.29) is 34.4 Å². The van der Waals surface area contributed by atoms with Crippen LogP contribution in [0.2, 0.25) is 5.02 Å². The number of nitrogens with one attached hydrogen (secondary N) is 1. The van der Waals surface area contributed by atoms with Gasteiger partial charge in [0.2, 0.25) is 10.0 Å². The van der Waals surface area contributed by atoms with Gasteiger partial charge in [0.15, 0.2) is 0 Å². The van der Waals surface area contributed by atoms with Crippen molar-refractivity contribution < 1.29 is 8.42 Å². The number of sulfonamides is 1. The lowest BCUT2D eigenvalue weighted by atomic mass is 9.93. The first kappa shape index (κ1) is 18.2. The molecule has 1 aromatic carbocycles. The molecule has 1 aliphatic rings. The average molecular weight is 350 g/mol. The van der Waals surface area contributed by atoms with E-state index in [1.807, 2.05) is 6.07 Å². The van der Waals surface area contributed by atoms with Gasteiger partial charge in [-0.1, -0.05) is 11.6 Å². The van der Waals surface area contributed by atoms with Crippen LogP contribution in [0.5, 0.6) is 0 Å². The number of halogens is 2. The molecule has 0 amide bonds. The zero-order chi connectivity index (χ0) is 14.8. The Hall–Kier alpha value is -0.840. The molecule has 1 aromatic rings. The van der Waals surface area contributed by atoms with Crippen LogP contribution in [-0.4, -0.2) is 20.5 Å². The highest BCUT2D eigenvalue weighted by atomic mass is 35.5. The van der Waals surface area contributed by atoms with Crippen LogP contribution in [0.4, 0.5) is 0 Å². The lowest BCUT2D eigenvalue weighted by Gasteiger charge is -2.26. The summed E-state index contributed by atoms with van der Waals surface area (Å²) in [5, 5.41) is 8.82. The standard InChI is InChI=1S/C13H16ClN3O2S.ClH/c14-12-7-9(8-15)1-6-13(12)20(18,19)17-11-4-2-10(16)3-5-11;/h1,6-7,10-11,17H,2-5,16H2;1H. The topological polar surface area (TPSA) is 96.0 Å². The lowest BCUT2D eigenvalue weighted by Crippen LogP contribution is -2.40. The molecule has 2 rings (SSSR count). The first-order valence-corrected chi connectivity index (χ1v) is 8.26. The van der Waals surface area contributed by atoms with E-state index in [0.717, 1.165) is 25.7 Å². The van der Waals surface area contributed by atoms with Crippen molar-refractivity contribution in [3.8, 4) is 6.07 Å². The molecular formula is C13H17Cl2N3O2S. The van der Waals surface area contributed by atoms with Gasteiger partial charge in [0.05, 0.1) is 16.7 Å². The number of nitriles is 1. The van der Waals surface area contributed by atoms with Crippen molar-refractivity contribution >= 4 is 34.0 Å². The highest BCUT2D eigenvalue weighted by Crippen LogP contribution is 2.24. The van der Waals surface area contributed by atoms with Crippen LogP contribution >= 0.6 is 24.0 Å². The summed E-state index contributed by atoms with van der Waals surface area (Å²) in [6, 6.07) is 6.13. The van der Waals surface area contributed by atoms with Crippen molar-refractivity contribution in [2.45, 2.75) is 42.7 Å². The molecule has 0 atom stereocenters. The fraction of sp³-hybridized carbons (Fsp3) is 0.462. The maximum absolute atomic E-state index is 12.3. The summed E-state index contributed by atoms with van der Waals surface area (Å²) in [7, 11) is -3.67. The van der Waals surface area contributed by atoms with Crippen molar-refractivity contribution in [1.29, 1.82) is 5.26 Å². The monoisotopic (exact) mass is 349 g/mol. The van der Waals surface area contributed by atoms with E-state index in [0.29, 0.717) is 5.56 Å². The Balaban J connectivity index is 0.00000220. The van der Waals surface area contributed by atoms with E-state index in [1.165, 1.54) is 18.2 Å². The predicted octanol–water partition coefficient (Wildman–Crippen LogP) is 2.18. The third-order valence-corrected chi connectivity index (χ3v) is 5.45. The molecule has 0 aliphatic heterocycles. The highest BCUT2D eigenvalue weighted by molar-refractivity contribution is 7.89. The summed E-state index contributed by atoms with van der Waals surface area (Å²) in [4.78, 5) is 0.00744. The van der Waals surface area contributed by atoms with E-state index < -0.39 is 10.0 Å². The number of nitrogens with two attached hydrogens (primary N) is 1. The second-order valence-corrected chi connectivity index (χ2v) is 7.08. The van der Waals surface area contributed by atoms with Crippen molar-refractivity contribution in [2.24, 2.45) is 5.73 Å². The SMILES string of the molecule is Cl.N#Cc1ccc(S(=O)(=O)NC2CCC(N)CC2)c(Cl)c1. The number of benzene rings is 1. The lowest BCUT2D eigenvalue weighted by molar-refractivity contribution is 0.373. The molecule has 116 valence electrons. The zero-order valence-corrected chi connectivity index (χ0v) is 13.6. The maximum Gasteiger partial charge on any atom is 0.242 e. The molecule has 0 saturated heterocycles. The van der Waals surface area contributed by atoms with Crippen LogP contribution in [0.15, 0.2) is 23.1 Å². The van der Waals surface area contributed by atoms with E-state index >= 15 is 0 Å². The van der Waals surface area contributed by atoms with Gasteiger partial charge in [0.1, 0.15) is 4.90 Å². The van der Waals surface area contributed by atoms with Crippen LogP contribution in [0.3, 0.4) is 0 Å².